The average molecular weight is 202 g/mol. The van der Waals surface area contributed by atoms with E-state index in [1.54, 1.807) is 6.20 Å². The number of halogens is 1. The van der Waals surface area contributed by atoms with Gasteiger partial charge in [-0.3, -0.25) is 4.98 Å². The molecule has 0 N–H and O–H groups in total. The highest BCUT2D eigenvalue weighted by Crippen LogP contribution is 2.10. The number of pyridine rings is 1. The van der Waals surface area contributed by atoms with E-state index < -0.39 is 0 Å². The molecule has 1 rings (SSSR count). The van der Waals surface area contributed by atoms with Gasteiger partial charge in [-0.05, 0) is 28.9 Å². The fourth-order valence-corrected chi connectivity index (χ4v) is 0.937. The molecule has 1 heterocycles. The largest absolute Gasteiger partial charge is 0.482 e. The first-order chi connectivity index (χ1) is 4.83. The van der Waals surface area contributed by atoms with Crippen LogP contribution in [0.5, 0.6) is 5.75 Å². The zero-order chi connectivity index (χ0) is 7.40. The molecule has 2 nitrogen and oxygen atoms in total. The molecule has 1 aromatic rings. The van der Waals surface area contributed by atoms with E-state index in [0.717, 1.165) is 11.4 Å². The maximum atomic E-state index is 5.16. The van der Waals surface area contributed by atoms with E-state index in [1.165, 1.54) is 0 Å². The molecule has 54 valence electrons. The van der Waals surface area contributed by atoms with Crippen molar-refractivity contribution >= 4 is 15.9 Å². The second-order valence-corrected chi connectivity index (χ2v) is 2.34. The topological polar surface area (TPSA) is 22.1 Å². The van der Waals surface area contributed by atoms with Gasteiger partial charge in [0.1, 0.15) is 11.3 Å². The van der Waals surface area contributed by atoms with Crippen LogP contribution in [0, 0.1) is 6.92 Å². The first-order valence-electron chi connectivity index (χ1n) is 2.94. The van der Waals surface area contributed by atoms with E-state index in [2.05, 4.69) is 20.9 Å². The van der Waals surface area contributed by atoms with E-state index in [0.29, 0.717) is 5.52 Å². The first kappa shape index (κ1) is 7.54. The van der Waals surface area contributed by atoms with Gasteiger partial charge in [-0.1, -0.05) is 0 Å². The molecule has 0 unspecified atom stereocenters. The Morgan fingerprint density at radius 3 is 3.10 bits per heavy atom. The zero-order valence-corrected chi connectivity index (χ0v) is 7.26. The Morgan fingerprint density at radius 1 is 1.70 bits per heavy atom. The second kappa shape index (κ2) is 3.56. The second-order valence-electron chi connectivity index (χ2n) is 1.89. The Labute approximate surface area is 68.4 Å². The van der Waals surface area contributed by atoms with Gasteiger partial charge in [-0.2, -0.15) is 0 Å². The van der Waals surface area contributed by atoms with Gasteiger partial charge in [0.25, 0.3) is 0 Å². The van der Waals surface area contributed by atoms with E-state index in [-0.39, 0.29) is 0 Å². The van der Waals surface area contributed by atoms with Gasteiger partial charge in [-0.15, -0.1) is 0 Å². The smallest absolute Gasteiger partial charge is 0.143 e. The highest BCUT2D eigenvalue weighted by molar-refractivity contribution is 9.09. The van der Waals surface area contributed by atoms with Crippen LogP contribution in [-0.4, -0.2) is 10.5 Å². The number of alkyl halides is 1. The minimum absolute atomic E-state index is 0.524. The molecule has 0 aromatic carbocycles. The van der Waals surface area contributed by atoms with E-state index in [4.69, 9.17) is 4.74 Å². The molecule has 0 spiro atoms. The summed E-state index contributed by atoms with van der Waals surface area (Å²) in [7, 11) is 0. The summed E-state index contributed by atoms with van der Waals surface area (Å²) < 4.78 is 5.16. The Kier molecular flexibility index (Phi) is 2.68. The predicted octanol–water partition coefficient (Wildman–Crippen LogP) is 2.12. The zero-order valence-electron chi connectivity index (χ0n) is 5.67. The third-order valence-corrected chi connectivity index (χ3v) is 1.32. The summed E-state index contributed by atoms with van der Waals surface area (Å²) >= 11 is 3.17. The quantitative estimate of drug-likeness (QED) is 0.685. The third kappa shape index (κ3) is 1.99. The summed E-state index contributed by atoms with van der Waals surface area (Å²) in [5, 5.41) is 0. The lowest BCUT2D eigenvalue weighted by Gasteiger charge is -2.00. The Balaban J connectivity index is 2.75. The Morgan fingerprint density at radius 2 is 2.50 bits per heavy atom. The number of ether oxygens (including phenoxy) is 1. The van der Waals surface area contributed by atoms with Crippen LogP contribution in [0.4, 0.5) is 0 Å². The van der Waals surface area contributed by atoms with Crippen molar-refractivity contribution in [3.8, 4) is 5.75 Å². The van der Waals surface area contributed by atoms with Crippen molar-refractivity contribution in [3.63, 3.8) is 0 Å². The van der Waals surface area contributed by atoms with Crippen molar-refractivity contribution in [1.82, 2.24) is 4.98 Å². The van der Waals surface area contributed by atoms with Gasteiger partial charge in [0, 0.05) is 18.0 Å². The molecule has 0 aliphatic carbocycles. The van der Waals surface area contributed by atoms with Crippen LogP contribution in [0.3, 0.4) is 0 Å². The molecule has 10 heavy (non-hydrogen) atoms. The highest BCUT2D eigenvalue weighted by Gasteiger charge is 1.90. The molecule has 0 fully saturated rings. The normalized spacial score (nSPS) is 9.40. The first-order valence-corrected chi connectivity index (χ1v) is 4.06. The van der Waals surface area contributed by atoms with Crippen molar-refractivity contribution in [1.29, 1.82) is 0 Å². The Hall–Kier alpha value is -0.570. The molecule has 0 bridgehead atoms. The van der Waals surface area contributed by atoms with Gasteiger partial charge >= 0.3 is 0 Å². The Bertz CT molecular complexity index is 215. The van der Waals surface area contributed by atoms with Crippen molar-refractivity contribution in [2.75, 3.05) is 5.52 Å². The number of rotatable bonds is 2. The van der Waals surface area contributed by atoms with Crippen LogP contribution in [0.1, 0.15) is 5.69 Å². The lowest BCUT2D eigenvalue weighted by Crippen LogP contribution is -1.89. The van der Waals surface area contributed by atoms with Crippen molar-refractivity contribution < 1.29 is 4.74 Å². The van der Waals surface area contributed by atoms with Crippen LogP contribution in [-0.2, 0) is 0 Å². The molecular weight excluding hydrogens is 194 g/mol. The maximum Gasteiger partial charge on any atom is 0.143 e. The summed E-state index contributed by atoms with van der Waals surface area (Å²) in [6.07, 6.45) is 1.73. The number of hydrogen-bond donors (Lipinski definition) is 0. The van der Waals surface area contributed by atoms with Crippen LogP contribution in [0.2, 0.25) is 0 Å². The third-order valence-electron chi connectivity index (χ3n) is 1.09. The molecule has 0 radical (unpaired) electrons. The van der Waals surface area contributed by atoms with Crippen molar-refractivity contribution in [2.45, 2.75) is 6.92 Å². The molecule has 0 saturated heterocycles. The summed E-state index contributed by atoms with van der Waals surface area (Å²) in [6.45, 7) is 1.93. The molecule has 0 saturated carbocycles. The molecule has 0 amide bonds. The standard InChI is InChI=1S/C7H8BrNO/c1-6-4-7(10-5-8)2-3-9-6/h2-4H,5H2,1H3. The van der Waals surface area contributed by atoms with Gasteiger partial charge in [0.15, 0.2) is 0 Å². The molecule has 0 atom stereocenters. The number of aromatic nitrogens is 1. The summed E-state index contributed by atoms with van der Waals surface area (Å²) in [5.41, 5.74) is 1.50. The SMILES string of the molecule is Cc1cc(OCBr)ccn1. The van der Waals surface area contributed by atoms with Crippen LogP contribution >= 0.6 is 15.9 Å². The van der Waals surface area contributed by atoms with Gasteiger partial charge in [0.05, 0.1) is 0 Å². The average Bonchev–Trinajstić information content (AvgIpc) is 1.88. The van der Waals surface area contributed by atoms with E-state index in [9.17, 15) is 0 Å². The van der Waals surface area contributed by atoms with Crippen molar-refractivity contribution in [2.24, 2.45) is 0 Å². The summed E-state index contributed by atoms with van der Waals surface area (Å²) in [5.74, 6) is 0.851. The lowest BCUT2D eigenvalue weighted by atomic mass is 10.4. The number of nitrogens with zero attached hydrogens (tertiary/aromatic N) is 1. The molecule has 0 aliphatic rings. The maximum absolute atomic E-state index is 5.16. The molecule has 1 aromatic heterocycles. The van der Waals surface area contributed by atoms with Crippen LogP contribution in [0.25, 0.3) is 0 Å². The predicted molar refractivity (Wildman–Crippen MR) is 43.4 cm³/mol. The lowest BCUT2D eigenvalue weighted by molar-refractivity contribution is 0.397. The highest BCUT2D eigenvalue weighted by atomic mass is 79.9. The number of aryl methyl sites for hydroxylation is 1. The molecule has 0 aliphatic heterocycles. The van der Waals surface area contributed by atoms with Gasteiger partial charge in [0.2, 0.25) is 0 Å². The van der Waals surface area contributed by atoms with Crippen LogP contribution < -0.4 is 4.74 Å². The van der Waals surface area contributed by atoms with Crippen LogP contribution in [0.15, 0.2) is 18.3 Å². The van der Waals surface area contributed by atoms with E-state index >= 15 is 0 Å². The minimum Gasteiger partial charge on any atom is -0.482 e. The fraction of sp³-hybridized carbons (Fsp3) is 0.286. The summed E-state index contributed by atoms with van der Waals surface area (Å²) in [6, 6.07) is 3.72. The van der Waals surface area contributed by atoms with Crippen molar-refractivity contribution in [3.05, 3.63) is 24.0 Å². The minimum atomic E-state index is 0.524. The summed E-state index contributed by atoms with van der Waals surface area (Å²) in [4.78, 5) is 4.03. The van der Waals surface area contributed by atoms with Gasteiger partial charge < -0.3 is 4.74 Å². The number of hydrogen-bond acceptors (Lipinski definition) is 2. The van der Waals surface area contributed by atoms with E-state index in [1.807, 2.05) is 19.1 Å². The monoisotopic (exact) mass is 201 g/mol. The molecule has 3 heteroatoms. The fourth-order valence-electron chi connectivity index (χ4n) is 0.672. The molecular formula is C7H8BrNO. The van der Waals surface area contributed by atoms with Gasteiger partial charge in [-0.25, -0.2) is 0 Å².